The summed E-state index contributed by atoms with van der Waals surface area (Å²) in [6.07, 6.45) is 0. The van der Waals surface area contributed by atoms with Crippen molar-refractivity contribution in [1.82, 2.24) is 9.97 Å². The first-order valence-corrected chi connectivity index (χ1v) is 6.06. The molecule has 2 aromatic rings. The Labute approximate surface area is 94.7 Å². The molecule has 0 atom stereocenters. The van der Waals surface area contributed by atoms with Crippen LogP contribution in [0, 0.1) is 13.8 Å². The Morgan fingerprint density at radius 1 is 1.13 bits per heavy atom. The molecular formula is C9H9N3OS2. The zero-order chi connectivity index (χ0) is 10.8. The van der Waals surface area contributed by atoms with Crippen molar-refractivity contribution in [2.45, 2.75) is 13.8 Å². The number of aromatic nitrogens is 2. The van der Waals surface area contributed by atoms with Crippen molar-refractivity contribution in [1.29, 1.82) is 0 Å². The molecule has 2 rings (SSSR count). The molecule has 2 heterocycles. The molecule has 0 saturated heterocycles. The highest BCUT2D eigenvalue weighted by Gasteiger charge is 2.04. The molecule has 0 bridgehead atoms. The van der Waals surface area contributed by atoms with E-state index in [1.54, 1.807) is 5.38 Å². The average molecular weight is 239 g/mol. The third-order valence-corrected chi connectivity index (χ3v) is 3.40. The van der Waals surface area contributed by atoms with Crippen LogP contribution in [-0.2, 0) is 0 Å². The van der Waals surface area contributed by atoms with Crippen molar-refractivity contribution >= 4 is 33.6 Å². The Kier molecular flexibility index (Phi) is 2.79. The Hall–Kier alpha value is -1.27. The minimum Gasteiger partial charge on any atom is -0.312 e. The van der Waals surface area contributed by atoms with E-state index < -0.39 is 0 Å². The van der Waals surface area contributed by atoms with Crippen molar-refractivity contribution in [2.75, 3.05) is 5.32 Å². The van der Waals surface area contributed by atoms with Crippen LogP contribution in [0.4, 0.5) is 10.9 Å². The number of hydrogen-bond acceptors (Lipinski definition) is 6. The van der Waals surface area contributed by atoms with Gasteiger partial charge in [0, 0.05) is 16.5 Å². The van der Waals surface area contributed by atoms with Crippen molar-refractivity contribution in [2.24, 2.45) is 0 Å². The van der Waals surface area contributed by atoms with E-state index in [2.05, 4.69) is 15.3 Å². The summed E-state index contributed by atoms with van der Waals surface area (Å²) in [5, 5.41) is 7.29. The standard InChI is InChI=1S/C9H9N3OS2/c1-5-3-14-8(13)7(10-5)12-9-11-6(2)4-15-9/h3-4H,1-2H3,(H,10,11,12). The van der Waals surface area contributed by atoms with Gasteiger partial charge in [0.1, 0.15) is 0 Å². The van der Waals surface area contributed by atoms with Crippen molar-refractivity contribution in [3.8, 4) is 0 Å². The number of rotatable bonds is 2. The lowest BCUT2D eigenvalue weighted by molar-refractivity contribution is 1.19. The zero-order valence-corrected chi connectivity index (χ0v) is 9.91. The van der Waals surface area contributed by atoms with Crippen LogP contribution in [-0.4, -0.2) is 9.97 Å². The first kappa shape index (κ1) is 10.3. The van der Waals surface area contributed by atoms with E-state index in [-0.39, 0.29) is 4.74 Å². The van der Waals surface area contributed by atoms with Gasteiger partial charge < -0.3 is 5.32 Å². The van der Waals surface area contributed by atoms with Crippen LogP contribution < -0.4 is 10.1 Å². The molecule has 0 aliphatic rings. The number of anilines is 2. The number of thiazole rings is 1. The van der Waals surface area contributed by atoms with E-state index in [9.17, 15) is 4.79 Å². The Morgan fingerprint density at radius 2 is 1.80 bits per heavy atom. The van der Waals surface area contributed by atoms with Gasteiger partial charge in [0.2, 0.25) is 0 Å². The highest BCUT2D eigenvalue weighted by Crippen LogP contribution is 2.17. The maximum absolute atomic E-state index is 11.5. The largest absolute Gasteiger partial charge is 0.312 e. The molecule has 78 valence electrons. The van der Waals surface area contributed by atoms with Gasteiger partial charge in [0.25, 0.3) is 4.74 Å². The Morgan fingerprint density at radius 3 is 2.47 bits per heavy atom. The Balaban J connectivity index is 2.31. The molecule has 4 nitrogen and oxygen atoms in total. The lowest BCUT2D eigenvalue weighted by atomic mass is 10.6. The first-order chi connectivity index (χ1) is 7.15. The second-order valence-corrected chi connectivity index (χ2v) is 4.74. The summed E-state index contributed by atoms with van der Waals surface area (Å²) in [6.45, 7) is 3.76. The third kappa shape index (κ3) is 2.40. The molecule has 0 unspecified atom stereocenters. The molecule has 0 fully saturated rings. The fraction of sp³-hybridized carbons (Fsp3) is 0.222. The van der Waals surface area contributed by atoms with Gasteiger partial charge in [-0.15, -0.1) is 11.3 Å². The highest BCUT2D eigenvalue weighted by molar-refractivity contribution is 7.13. The van der Waals surface area contributed by atoms with Crippen LogP contribution in [0.5, 0.6) is 0 Å². The van der Waals surface area contributed by atoms with Gasteiger partial charge >= 0.3 is 0 Å². The molecule has 6 heteroatoms. The lowest BCUT2D eigenvalue weighted by Crippen LogP contribution is -2.07. The minimum atomic E-state index is -0.0755. The predicted octanol–water partition coefficient (Wildman–Crippen LogP) is 2.32. The van der Waals surface area contributed by atoms with Crippen LogP contribution in [0.2, 0.25) is 0 Å². The summed E-state index contributed by atoms with van der Waals surface area (Å²) in [7, 11) is 0. The van der Waals surface area contributed by atoms with Crippen LogP contribution >= 0.6 is 22.7 Å². The molecule has 15 heavy (non-hydrogen) atoms. The monoisotopic (exact) mass is 239 g/mol. The van der Waals surface area contributed by atoms with Gasteiger partial charge in [0.05, 0.1) is 5.69 Å². The number of hydrogen-bond donors (Lipinski definition) is 1. The second-order valence-electron chi connectivity index (χ2n) is 3.04. The fourth-order valence-electron chi connectivity index (χ4n) is 1.03. The van der Waals surface area contributed by atoms with E-state index in [4.69, 9.17) is 0 Å². The summed E-state index contributed by atoms with van der Waals surface area (Å²) in [4.78, 5) is 19.8. The summed E-state index contributed by atoms with van der Waals surface area (Å²) >= 11 is 2.61. The molecule has 0 radical (unpaired) electrons. The molecule has 0 aliphatic heterocycles. The van der Waals surface area contributed by atoms with Crippen LogP contribution in [0.15, 0.2) is 15.6 Å². The molecule has 0 aliphatic carbocycles. The van der Waals surface area contributed by atoms with Crippen LogP contribution in [0.1, 0.15) is 11.4 Å². The van der Waals surface area contributed by atoms with E-state index in [1.165, 1.54) is 11.3 Å². The smallest absolute Gasteiger partial charge is 0.275 e. The predicted molar refractivity (Wildman–Crippen MR) is 63.3 cm³/mol. The second kappa shape index (κ2) is 4.08. The molecule has 0 aromatic carbocycles. The van der Waals surface area contributed by atoms with Crippen LogP contribution in [0.25, 0.3) is 0 Å². The average Bonchev–Trinajstić information content (AvgIpc) is 2.58. The van der Waals surface area contributed by atoms with Crippen molar-refractivity contribution in [3.63, 3.8) is 0 Å². The topological polar surface area (TPSA) is 54.9 Å². The van der Waals surface area contributed by atoms with Gasteiger partial charge in [0.15, 0.2) is 10.9 Å². The molecular weight excluding hydrogens is 230 g/mol. The van der Waals surface area contributed by atoms with Crippen molar-refractivity contribution in [3.05, 3.63) is 31.7 Å². The normalized spacial score (nSPS) is 10.3. The Bertz CT molecular complexity index is 532. The maximum atomic E-state index is 11.5. The molecule has 0 spiro atoms. The van der Waals surface area contributed by atoms with E-state index in [0.717, 1.165) is 22.7 Å². The zero-order valence-electron chi connectivity index (χ0n) is 8.27. The third-order valence-electron chi connectivity index (χ3n) is 1.66. The quantitative estimate of drug-likeness (QED) is 0.873. The first-order valence-electron chi connectivity index (χ1n) is 4.31. The van der Waals surface area contributed by atoms with Gasteiger partial charge in [-0.1, -0.05) is 11.3 Å². The number of nitrogens with zero attached hydrogens (tertiary/aromatic N) is 2. The van der Waals surface area contributed by atoms with Gasteiger partial charge in [-0.25, -0.2) is 9.97 Å². The fourth-order valence-corrected chi connectivity index (χ4v) is 2.26. The molecule has 0 saturated carbocycles. The van der Waals surface area contributed by atoms with Gasteiger partial charge in [-0.2, -0.15) is 0 Å². The number of nitrogens with one attached hydrogen (secondary N) is 1. The highest BCUT2D eigenvalue weighted by atomic mass is 32.1. The molecule has 1 N–H and O–H groups in total. The van der Waals surface area contributed by atoms with Crippen molar-refractivity contribution < 1.29 is 0 Å². The SMILES string of the molecule is Cc1csc(Nc2nc(C)csc2=O)n1. The van der Waals surface area contributed by atoms with Gasteiger partial charge in [-0.3, -0.25) is 4.79 Å². The van der Waals surface area contributed by atoms with E-state index >= 15 is 0 Å². The molecule has 2 aromatic heterocycles. The van der Waals surface area contributed by atoms with E-state index in [0.29, 0.717) is 10.9 Å². The maximum Gasteiger partial charge on any atom is 0.275 e. The molecule has 0 amide bonds. The summed E-state index contributed by atoms with van der Waals surface area (Å²) in [5.41, 5.74) is 1.77. The summed E-state index contributed by atoms with van der Waals surface area (Å²) < 4.78 is -0.0755. The van der Waals surface area contributed by atoms with Gasteiger partial charge in [-0.05, 0) is 13.8 Å². The van der Waals surface area contributed by atoms with Crippen LogP contribution in [0.3, 0.4) is 0 Å². The summed E-state index contributed by atoms with van der Waals surface area (Å²) in [5.74, 6) is 0.356. The number of aryl methyl sites for hydroxylation is 2. The lowest BCUT2D eigenvalue weighted by Gasteiger charge is -1.99. The minimum absolute atomic E-state index is 0.0755. The van der Waals surface area contributed by atoms with E-state index in [1.807, 2.05) is 19.2 Å². The summed E-state index contributed by atoms with van der Waals surface area (Å²) in [6, 6.07) is 0.